The molecule has 0 saturated carbocycles. The minimum atomic E-state index is 0.325. The number of H-pyrrole nitrogens is 1. The number of aromatic nitrogens is 3. The number of nitrogens with zero attached hydrogens (tertiary/aromatic N) is 3. The van der Waals surface area contributed by atoms with Gasteiger partial charge in [-0.25, -0.2) is 0 Å². The van der Waals surface area contributed by atoms with Crippen LogP contribution in [-0.4, -0.2) is 26.8 Å². The summed E-state index contributed by atoms with van der Waals surface area (Å²) in [6.07, 6.45) is 5.47. The Morgan fingerprint density at radius 2 is 2.04 bits per heavy atom. The van der Waals surface area contributed by atoms with Crippen LogP contribution < -0.4 is 0 Å². The molecular formula is C22H28N4O. The van der Waals surface area contributed by atoms with Gasteiger partial charge in [-0.1, -0.05) is 49.7 Å². The standard InChI is InChI=1S/C22H28N4O/c1-15(2)18-9-7-17(8-10-18)14-26-11-5-4-6-20(26)22-19(13-23-24-22)21-12-16(3)25-27-21/h7-10,12-13,15,20H,4-6,11,14H2,1-3H3,(H,23,24). The summed E-state index contributed by atoms with van der Waals surface area (Å²) < 4.78 is 5.50. The normalized spacial score (nSPS) is 18.3. The molecule has 1 aromatic carbocycles. The van der Waals surface area contributed by atoms with E-state index in [2.05, 4.69) is 58.4 Å². The van der Waals surface area contributed by atoms with Gasteiger partial charge in [0.2, 0.25) is 0 Å². The molecule has 1 saturated heterocycles. The van der Waals surface area contributed by atoms with Crippen LogP contribution in [0.4, 0.5) is 0 Å². The Morgan fingerprint density at radius 1 is 1.22 bits per heavy atom. The van der Waals surface area contributed by atoms with E-state index in [-0.39, 0.29) is 0 Å². The minimum absolute atomic E-state index is 0.325. The van der Waals surface area contributed by atoms with Crippen LogP contribution in [0, 0.1) is 6.92 Å². The van der Waals surface area contributed by atoms with E-state index in [0.29, 0.717) is 12.0 Å². The smallest absolute Gasteiger partial charge is 0.170 e. The van der Waals surface area contributed by atoms with Crippen molar-refractivity contribution in [2.75, 3.05) is 6.54 Å². The summed E-state index contributed by atoms with van der Waals surface area (Å²) in [6, 6.07) is 11.4. The summed E-state index contributed by atoms with van der Waals surface area (Å²) in [6.45, 7) is 8.48. The van der Waals surface area contributed by atoms with E-state index < -0.39 is 0 Å². The molecule has 2 aromatic heterocycles. The zero-order valence-electron chi connectivity index (χ0n) is 16.4. The average molecular weight is 364 g/mol. The molecule has 3 heterocycles. The van der Waals surface area contributed by atoms with Crippen molar-refractivity contribution in [2.45, 2.75) is 58.5 Å². The van der Waals surface area contributed by atoms with Crippen molar-refractivity contribution in [2.24, 2.45) is 0 Å². The van der Waals surface area contributed by atoms with Gasteiger partial charge in [0, 0.05) is 12.6 Å². The molecule has 1 unspecified atom stereocenters. The number of nitrogens with one attached hydrogen (secondary N) is 1. The lowest BCUT2D eigenvalue weighted by Gasteiger charge is -2.35. The van der Waals surface area contributed by atoms with Gasteiger partial charge in [-0.05, 0) is 43.4 Å². The molecule has 0 spiro atoms. The van der Waals surface area contributed by atoms with E-state index in [1.807, 2.05) is 19.2 Å². The van der Waals surface area contributed by atoms with Crippen molar-refractivity contribution in [1.82, 2.24) is 20.3 Å². The maximum Gasteiger partial charge on any atom is 0.170 e. The lowest BCUT2D eigenvalue weighted by Crippen LogP contribution is -2.33. The third-order valence-electron chi connectivity index (χ3n) is 5.54. The molecule has 27 heavy (non-hydrogen) atoms. The van der Waals surface area contributed by atoms with E-state index in [4.69, 9.17) is 4.52 Å². The Labute approximate surface area is 160 Å². The van der Waals surface area contributed by atoms with E-state index in [0.717, 1.165) is 42.2 Å². The summed E-state index contributed by atoms with van der Waals surface area (Å²) >= 11 is 0. The molecular weight excluding hydrogens is 336 g/mol. The highest BCUT2D eigenvalue weighted by Crippen LogP contribution is 2.36. The molecule has 3 aromatic rings. The first-order valence-corrected chi connectivity index (χ1v) is 9.91. The lowest BCUT2D eigenvalue weighted by molar-refractivity contribution is 0.137. The molecule has 5 heteroatoms. The summed E-state index contributed by atoms with van der Waals surface area (Å²) in [5, 5.41) is 11.6. The van der Waals surface area contributed by atoms with E-state index in [1.165, 1.54) is 24.0 Å². The molecule has 1 aliphatic rings. The molecule has 0 radical (unpaired) electrons. The Kier molecular flexibility index (Phi) is 5.12. The largest absolute Gasteiger partial charge is 0.356 e. The van der Waals surface area contributed by atoms with Crippen molar-refractivity contribution < 1.29 is 4.52 Å². The first kappa shape index (κ1) is 18.0. The van der Waals surface area contributed by atoms with Crippen LogP contribution in [-0.2, 0) is 6.54 Å². The quantitative estimate of drug-likeness (QED) is 0.674. The first-order valence-electron chi connectivity index (χ1n) is 9.91. The molecule has 1 N–H and O–H groups in total. The number of benzene rings is 1. The third kappa shape index (κ3) is 3.83. The molecule has 0 amide bonds. The van der Waals surface area contributed by atoms with Crippen LogP contribution in [0.1, 0.15) is 67.6 Å². The highest BCUT2D eigenvalue weighted by atomic mass is 16.5. The highest BCUT2D eigenvalue weighted by molar-refractivity contribution is 5.60. The van der Waals surface area contributed by atoms with Gasteiger partial charge in [-0.3, -0.25) is 10.00 Å². The number of rotatable bonds is 5. The Bertz CT molecular complexity index is 878. The molecule has 1 fully saturated rings. The topological polar surface area (TPSA) is 58.0 Å². The summed E-state index contributed by atoms with van der Waals surface area (Å²) in [5.74, 6) is 1.36. The van der Waals surface area contributed by atoms with Crippen LogP contribution in [0.15, 0.2) is 41.1 Å². The van der Waals surface area contributed by atoms with Crippen molar-refractivity contribution in [3.63, 3.8) is 0 Å². The monoisotopic (exact) mass is 364 g/mol. The number of aryl methyl sites for hydroxylation is 1. The van der Waals surface area contributed by atoms with Crippen LogP contribution >= 0.6 is 0 Å². The van der Waals surface area contributed by atoms with Gasteiger partial charge >= 0.3 is 0 Å². The van der Waals surface area contributed by atoms with E-state index >= 15 is 0 Å². The van der Waals surface area contributed by atoms with Gasteiger partial charge in [0.05, 0.1) is 29.2 Å². The number of piperidine rings is 1. The van der Waals surface area contributed by atoms with Crippen LogP contribution in [0.5, 0.6) is 0 Å². The zero-order chi connectivity index (χ0) is 18.8. The molecule has 1 aliphatic heterocycles. The van der Waals surface area contributed by atoms with Gasteiger partial charge < -0.3 is 4.52 Å². The number of likely N-dealkylation sites (tertiary alicyclic amines) is 1. The fourth-order valence-corrected chi connectivity index (χ4v) is 3.99. The molecule has 0 bridgehead atoms. The van der Waals surface area contributed by atoms with Gasteiger partial charge in [0.25, 0.3) is 0 Å². The maximum absolute atomic E-state index is 5.50. The van der Waals surface area contributed by atoms with Gasteiger partial charge in [0.1, 0.15) is 0 Å². The van der Waals surface area contributed by atoms with Crippen molar-refractivity contribution in [3.05, 3.63) is 59.0 Å². The van der Waals surface area contributed by atoms with Crippen molar-refractivity contribution in [3.8, 4) is 11.3 Å². The van der Waals surface area contributed by atoms with Crippen molar-refractivity contribution >= 4 is 0 Å². The van der Waals surface area contributed by atoms with Crippen molar-refractivity contribution in [1.29, 1.82) is 0 Å². The Morgan fingerprint density at radius 3 is 2.74 bits per heavy atom. The number of hydrogen-bond acceptors (Lipinski definition) is 4. The molecule has 5 nitrogen and oxygen atoms in total. The van der Waals surface area contributed by atoms with E-state index in [1.54, 1.807) is 0 Å². The van der Waals surface area contributed by atoms with Crippen LogP contribution in [0.3, 0.4) is 0 Å². The fraction of sp³-hybridized carbons (Fsp3) is 0.455. The Hall–Kier alpha value is -2.40. The van der Waals surface area contributed by atoms with Gasteiger partial charge in [0.15, 0.2) is 5.76 Å². The van der Waals surface area contributed by atoms with E-state index in [9.17, 15) is 0 Å². The summed E-state index contributed by atoms with van der Waals surface area (Å²) in [4.78, 5) is 2.56. The number of hydrogen-bond donors (Lipinski definition) is 1. The molecule has 1 atom stereocenters. The summed E-state index contributed by atoms with van der Waals surface area (Å²) in [5.41, 5.74) is 5.82. The lowest BCUT2D eigenvalue weighted by atomic mass is 9.95. The molecule has 4 rings (SSSR count). The highest BCUT2D eigenvalue weighted by Gasteiger charge is 2.28. The maximum atomic E-state index is 5.50. The molecule has 0 aliphatic carbocycles. The second-order valence-electron chi connectivity index (χ2n) is 7.91. The number of aromatic amines is 1. The Balaban J connectivity index is 1.57. The second kappa shape index (κ2) is 7.69. The predicted molar refractivity (Wildman–Crippen MR) is 106 cm³/mol. The van der Waals surface area contributed by atoms with Crippen LogP contribution in [0.25, 0.3) is 11.3 Å². The SMILES string of the molecule is Cc1cc(-c2cn[nH]c2C2CCCCN2Cc2ccc(C(C)C)cc2)on1. The summed E-state index contributed by atoms with van der Waals surface area (Å²) in [7, 11) is 0. The van der Waals surface area contributed by atoms with Gasteiger partial charge in [-0.15, -0.1) is 0 Å². The predicted octanol–water partition coefficient (Wildman–Crippen LogP) is 5.22. The molecule has 142 valence electrons. The minimum Gasteiger partial charge on any atom is -0.356 e. The third-order valence-corrected chi connectivity index (χ3v) is 5.54. The van der Waals surface area contributed by atoms with Gasteiger partial charge in [-0.2, -0.15) is 5.10 Å². The zero-order valence-corrected chi connectivity index (χ0v) is 16.4. The average Bonchev–Trinajstić information content (AvgIpc) is 3.31. The second-order valence-corrected chi connectivity index (χ2v) is 7.91. The first-order chi connectivity index (χ1) is 13.1. The van der Waals surface area contributed by atoms with Crippen LogP contribution in [0.2, 0.25) is 0 Å². The fourth-order valence-electron chi connectivity index (χ4n) is 3.99.